The van der Waals surface area contributed by atoms with Gasteiger partial charge in [0.15, 0.2) is 15.9 Å². The number of hydrogen-bond donors (Lipinski definition) is 2. The predicted molar refractivity (Wildman–Crippen MR) is 101 cm³/mol. The maximum absolute atomic E-state index is 12.1. The molecule has 9 nitrogen and oxygen atoms in total. The Balaban J connectivity index is 1.73. The topological polar surface area (TPSA) is 128 Å². The Morgan fingerprint density at radius 1 is 1.25 bits per heavy atom. The van der Waals surface area contributed by atoms with Crippen LogP contribution in [-0.2, 0) is 24.2 Å². The molecule has 0 spiro atoms. The monoisotopic (exact) mass is 412 g/mol. The van der Waals surface area contributed by atoms with Gasteiger partial charge in [0.1, 0.15) is 5.75 Å². The van der Waals surface area contributed by atoms with E-state index >= 15 is 0 Å². The standard InChI is InChI=1S/C18H24N2O7S/c1-12(17(22)20-13-8-10-28(24,25)11-13)27-16(21)7-9-19-18(23)14-5-3-4-6-15(14)26-2/h3-6,12-13H,7-11H2,1-2H3,(H,19,23)(H,20,22)/t12-,13+/m1/s1. The molecule has 1 heterocycles. The van der Waals surface area contributed by atoms with Crippen LogP contribution in [0.1, 0.15) is 30.1 Å². The summed E-state index contributed by atoms with van der Waals surface area (Å²) in [7, 11) is -1.65. The largest absolute Gasteiger partial charge is 0.496 e. The van der Waals surface area contributed by atoms with E-state index in [2.05, 4.69) is 10.6 Å². The summed E-state index contributed by atoms with van der Waals surface area (Å²) < 4.78 is 33.0. The number of esters is 1. The Hall–Kier alpha value is -2.62. The molecule has 0 bridgehead atoms. The number of carbonyl (C=O) groups is 3. The van der Waals surface area contributed by atoms with E-state index in [9.17, 15) is 22.8 Å². The van der Waals surface area contributed by atoms with E-state index in [-0.39, 0.29) is 24.5 Å². The molecule has 2 N–H and O–H groups in total. The molecule has 28 heavy (non-hydrogen) atoms. The lowest BCUT2D eigenvalue weighted by atomic mass is 10.2. The zero-order valence-corrected chi connectivity index (χ0v) is 16.6. The van der Waals surface area contributed by atoms with E-state index in [1.165, 1.54) is 14.0 Å². The molecule has 0 radical (unpaired) electrons. The van der Waals surface area contributed by atoms with Crippen LogP contribution in [0.15, 0.2) is 24.3 Å². The molecule has 0 aromatic heterocycles. The minimum Gasteiger partial charge on any atom is -0.496 e. The van der Waals surface area contributed by atoms with Crippen LogP contribution in [0.2, 0.25) is 0 Å². The van der Waals surface area contributed by atoms with Gasteiger partial charge in [-0.15, -0.1) is 0 Å². The third-order valence-electron chi connectivity index (χ3n) is 4.22. The Morgan fingerprint density at radius 2 is 1.96 bits per heavy atom. The third kappa shape index (κ3) is 6.22. The van der Waals surface area contributed by atoms with Gasteiger partial charge in [0, 0.05) is 12.6 Å². The highest BCUT2D eigenvalue weighted by atomic mass is 32.2. The number of ether oxygens (including phenoxy) is 2. The summed E-state index contributed by atoms with van der Waals surface area (Å²) >= 11 is 0. The molecule has 1 aromatic rings. The molecule has 0 unspecified atom stereocenters. The van der Waals surface area contributed by atoms with Gasteiger partial charge in [0.05, 0.1) is 30.6 Å². The number of amides is 2. The van der Waals surface area contributed by atoms with Crippen molar-refractivity contribution in [2.75, 3.05) is 25.2 Å². The third-order valence-corrected chi connectivity index (χ3v) is 5.99. The van der Waals surface area contributed by atoms with Crippen LogP contribution in [0.5, 0.6) is 5.75 Å². The second-order valence-corrected chi connectivity index (χ2v) is 8.68. The van der Waals surface area contributed by atoms with E-state index in [1.54, 1.807) is 24.3 Å². The fourth-order valence-electron chi connectivity index (χ4n) is 2.74. The molecular formula is C18H24N2O7S. The number of hydrogen-bond acceptors (Lipinski definition) is 7. The summed E-state index contributed by atoms with van der Waals surface area (Å²) in [5.41, 5.74) is 0.345. The van der Waals surface area contributed by atoms with Gasteiger partial charge >= 0.3 is 5.97 Å². The number of rotatable bonds is 8. The zero-order valence-electron chi connectivity index (χ0n) is 15.8. The van der Waals surface area contributed by atoms with E-state index < -0.39 is 39.8 Å². The van der Waals surface area contributed by atoms with E-state index in [0.29, 0.717) is 17.7 Å². The molecule has 10 heteroatoms. The molecule has 0 saturated carbocycles. The van der Waals surface area contributed by atoms with Crippen molar-refractivity contribution in [3.63, 3.8) is 0 Å². The quantitative estimate of drug-likeness (QED) is 0.578. The minimum absolute atomic E-state index is 0.0327. The van der Waals surface area contributed by atoms with Crippen molar-refractivity contribution in [2.45, 2.75) is 31.9 Å². The number of para-hydroxylation sites is 1. The Bertz CT molecular complexity index is 838. The average Bonchev–Trinajstić information content (AvgIpc) is 2.99. The van der Waals surface area contributed by atoms with Gasteiger partial charge < -0.3 is 20.1 Å². The van der Waals surface area contributed by atoms with Crippen molar-refractivity contribution < 1.29 is 32.3 Å². The molecule has 1 saturated heterocycles. The Kier molecular flexibility index (Phi) is 7.38. The Morgan fingerprint density at radius 3 is 2.61 bits per heavy atom. The van der Waals surface area contributed by atoms with Gasteiger partial charge in [0.2, 0.25) is 0 Å². The smallest absolute Gasteiger partial charge is 0.308 e. The highest BCUT2D eigenvalue weighted by Crippen LogP contribution is 2.16. The molecule has 1 aliphatic rings. The highest BCUT2D eigenvalue weighted by Gasteiger charge is 2.30. The van der Waals surface area contributed by atoms with E-state index in [4.69, 9.17) is 9.47 Å². The van der Waals surface area contributed by atoms with Crippen molar-refractivity contribution in [3.8, 4) is 5.75 Å². The molecule has 0 aliphatic carbocycles. The summed E-state index contributed by atoms with van der Waals surface area (Å²) in [5.74, 6) is -1.23. The van der Waals surface area contributed by atoms with Gasteiger partial charge in [-0.05, 0) is 25.5 Å². The second-order valence-electron chi connectivity index (χ2n) is 6.45. The zero-order chi connectivity index (χ0) is 20.7. The summed E-state index contributed by atoms with van der Waals surface area (Å²) in [4.78, 5) is 36.0. The maximum Gasteiger partial charge on any atom is 0.308 e. The first-order valence-electron chi connectivity index (χ1n) is 8.83. The van der Waals surface area contributed by atoms with Crippen LogP contribution in [-0.4, -0.2) is 63.5 Å². The van der Waals surface area contributed by atoms with Crippen LogP contribution in [0, 0.1) is 0 Å². The molecule has 154 valence electrons. The lowest BCUT2D eigenvalue weighted by Gasteiger charge is -2.16. The molecule has 2 atom stereocenters. The van der Waals surface area contributed by atoms with Crippen molar-refractivity contribution in [2.24, 2.45) is 0 Å². The van der Waals surface area contributed by atoms with Crippen LogP contribution in [0.4, 0.5) is 0 Å². The highest BCUT2D eigenvalue weighted by molar-refractivity contribution is 7.91. The summed E-state index contributed by atoms with van der Waals surface area (Å²) in [6, 6.07) is 6.22. The molecule has 1 aromatic carbocycles. The predicted octanol–water partition coefficient (Wildman–Crippen LogP) is 0.0501. The van der Waals surface area contributed by atoms with Crippen molar-refractivity contribution in [1.82, 2.24) is 10.6 Å². The number of methoxy groups -OCH3 is 1. The van der Waals surface area contributed by atoms with Crippen molar-refractivity contribution in [1.29, 1.82) is 0 Å². The number of carbonyl (C=O) groups excluding carboxylic acids is 3. The van der Waals surface area contributed by atoms with Crippen LogP contribution in [0.3, 0.4) is 0 Å². The van der Waals surface area contributed by atoms with Gasteiger partial charge in [-0.3, -0.25) is 14.4 Å². The number of benzene rings is 1. The first kappa shape index (κ1) is 21.7. The van der Waals surface area contributed by atoms with Crippen LogP contribution >= 0.6 is 0 Å². The van der Waals surface area contributed by atoms with Gasteiger partial charge in [-0.25, -0.2) is 8.42 Å². The normalized spacial score (nSPS) is 18.7. The van der Waals surface area contributed by atoms with Crippen LogP contribution in [0.25, 0.3) is 0 Å². The lowest BCUT2D eigenvalue weighted by Crippen LogP contribution is -2.42. The van der Waals surface area contributed by atoms with Gasteiger partial charge in [-0.1, -0.05) is 12.1 Å². The summed E-state index contributed by atoms with van der Waals surface area (Å²) in [5, 5.41) is 5.16. The maximum atomic E-state index is 12.1. The molecule has 1 fully saturated rings. The lowest BCUT2D eigenvalue weighted by molar-refractivity contribution is -0.154. The fraction of sp³-hybridized carbons (Fsp3) is 0.500. The number of sulfone groups is 1. The van der Waals surface area contributed by atoms with Gasteiger partial charge in [-0.2, -0.15) is 0 Å². The van der Waals surface area contributed by atoms with Crippen molar-refractivity contribution in [3.05, 3.63) is 29.8 Å². The van der Waals surface area contributed by atoms with Gasteiger partial charge in [0.25, 0.3) is 11.8 Å². The first-order valence-corrected chi connectivity index (χ1v) is 10.7. The van der Waals surface area contributed by atoms with Crippen LogP contribution < -0.4 is 15.4 Å². The minimum atomic E-state index is -3.11. The molecule has 1 aliphatic heterocycles. The number of nitrogens with one attached hydrogen (secondary N) is 2. The summed E-state index contributed by atoms with van der Waals surface area (Å²) in [6.07, 6.45) is -0.819. The Labute approximate surface area is 163 Å². The summed E-state index contributed by atoms with van der Waals surface area (Å²) in [6.45, 7) is 1.44. The first-order chi connectivity index (χ1) is 13.2. The van der Waals surface area contributed by atoms with Crippen molar-refractivity contribution >= 4 is 27.6 Å². The fourth-order valence-corrected chi connectivity index (χ4v) is 4.42. The van der Waals surface area contributed by atoms with E-state index in [1.807, 2.05) is 0 Å². The molecular weight excluding hydrogens is 388 g/mol. The van der Waals surface area contributed by atoms with E-state index in [0.717, 1.165) is 0 Å². The molecule has 2 rings (SSSR count). The average molecular weight is 412 g/mol. The second kappa shape index (κ2) is 9.54. The molecule has 2 amide bonds. The SMILES string of the molecule is COc1ccccc1C(=O)NCCC(=O)O[C@H](C)C(=O)N[C@H]1CCS(=O)(=O)C1.